The number of amides is 2. The largest absolute Gasteiger partial charge is 0.472 e. The van der Waals surface area contributed by atoms with Crippen LogP contribution in [0.2, 0.25) is 0 Å². The summed E-state index contributed by atoms with van der Waals surface area (Å²) in [5.74, 6) is -0.0851. The number of furan rings is 1. The van der Waals surface area contributed by atoms with E-state index in [4.69, 9.17) is 4.42 Å². The second-order valence-corrected chi connectivity index (χ2v) is 7.72. The molecule has 1 aromatic heterocycles. The van der Waals surface area contributed by atoms with Crippen LogP contribution in [0.15, 0.2) is 47.3 Å². The van der Waals surface area contributed by atoms with E-state index in [0.29, 0.717) is 26.2 Å². The minimum absolute atomic E-state index is 0.00394. The summed E-state index contributed by atoms with van der Waals surface area (Å²) in [5.41, 5.74) is 3.28. The fourth-order valence-corrected chi connectivity index (χ4v) is 3.64. The molecule has 1 N–H and O–H groups in total. The molecule has 0 aliphatic carbocycles. The first kappa shape index (κ1) is 20.1. The smallest absolute Gasteiger partial charge is 0.237 e. The zero-order valence-electron chi connectivity index (χ0n) is 16.9. The average molecular weight is 383 g/mol. The summed E-state index contributed by atoms with van der Waals surface area (Å²) >= 11 is 0. The van der Waals surface area contributed by atoms with Crippen LogP contribution in [0, 0.1) is 6.92 Å². The monoisotopic (exact) mass is 383 g/mol. The normalized spacial score (nSPS) is 17.6. The van der Waals surface area contributed by atoms with Gasteiger partial charge in [-0.15, -0.1) is 0 Å². The lowest BCUT2D eigenvalue weighted by Gasteiger charge is -2.36. The van der Waals surface area contributed by atoms with Gasteiger partial charge in [-0.05, 0) is 32.4 Å². The van der Waals surface area contributed by atoms with Crippen LogP contribution in [-0.2, 0) is 22.7 Å². The molecule has 1 fully saturated rings. The summed E-state index contributed by atoms with van der Waals surface area (Å²) in [6, 6.07) is 9.68. The number of carbonyl (C=O) groups is 2. The van der Waals surface area contributed by atoms with E-state index in [-0.39, 0.29) is 24.3 Å². The van der Waals surface area contributed by atoms with Crippen molar-refractivity contribution < 1.29 is 14.0 Å². The van der Waals surface area contributed by atoms with Gasteiger partial charge in [0.1, 0.15) is 0 Å². The van der Waals surface area contributed by atoms with Crippen molar-refractivity contribution in [2.24, 2.45) is 0 Å². The Bertz CT molecular complexity index is 801. The molecule has 2 aromatic rings. The van der Waals surface area contributed by atoms with Crippen molar-refractivity contribution in [3.8, 4) is 0 Å². The van der Waals surface area contributed by atoms with E-state index in [1.165, 1.54) is 5.56 Å². The molecule has 1 aliphatic rings. The van der Waals surface area contributed by atoms with E-state index in [2.05, 4.69) is 16.3 Å². The van der Waals surface area contributed by atoms with Crippen LogP contribution >= 0.6 is 0 Å². The van der Waals surface area contributed by atoms with Crippen LogP contribution in [0.3, 0.4) is 0 Å². The topological polar surface area (TPSA) is 65.8 Å². The van der Waals surface area contributed by atoms with E-state index in [1.54, 1.807) is 12.5 Å². The Balaban J connectivity index is 1.71. The lowest BCUT2D eigenvalue weighted by Crippen LogP contribution is -2.56. The lowest BCUT2D eigenvalue weighted by molar-refractivity contribution is -0.140. The fraction of sp³-hybridized carbons (Fsp3) is 0.455. The van der Waals surface area contributed by atoms with Crippen molar-refractivity contribution in [1.29, 1.82) is 0 Å². The lowest BCUT2D eigenvalue weighted by atomic mass is 10.1. The second-order valence-electron chi connectivity index (χ2n) is 7.72. The van der Waals surface area contributed by atoms with Gasteiger partial charge in [-0.1, -0.05) is 29.8 Å². The number of hydrogen-bond donors (Lipinski definition) is 1. The molecule has 28 heavy (non-hydrogen) atoms. The molecule has 150 valence electrons. The maximum absolute atomic E-state index is 13.1. The molecule has 6 heteroatoms. The molecule has 1 aliphatic heterocycles. The second kappa shape index (κ2) is 9.06. The number of nitrogens with one attached hydrogen (secondary N) is 1. The fourth-order valence-electron chi connectivity index (χ4n) is 3.64. The molecule has 1 aromatic carbocycles. The third-order valence-electron chi connectivity index (χ3n) is 5.15. The van der Waals surface area contributed by atoms with Gasteiger partial charge >= 0.3 is 0 Å². The van der Waals surface area contributed by atoms with E-state index >= 15 is 0 Å². The van der Waals surface area contributed by atoms with Gasteiger partial charge in [-0.3, -0.25) is 14.5 Å². The summed E-state index contributed by atoms with van der Waals surface area (Å²) in [4.78, 5) is 29.6. The standard InChI is InChI=1S/C22H29N3O3/c1-16(2)25(14-18-6-4-5-17(3)11-18)21(26)12-20-22(27)23-8-9-24(20)13-19-7-10-28-15-19/h4-7,10-11,15-16,20H,8-9,12-14H2,1-3H3,(H,23,27). The minimum Gasteiger partial charge on any atom is -0.472 e. The van der Waals surface area contributed by atoms with Crippen LogP contribution in [0.5, 0.6) is 0 Å². The van der Waals surface area contributed by atoms with E-state index in [0.717, 1.165) is 11.1 Å². The SMILES string of the molecule is Cc1cccc(CN(C(=O)CC2C(=O)NCCN2Cc2ccoc2)C(C)C)c1. The molecule has 0 saturated carbocycles. The highest BCUT2D eigenvalue weighted by atomic mass is 16.3. The maximum Gasteiger partial charge on any atom is 0.237 e. The van der Waals surface area contributed by atoms with Gasteiger partial charge < -0.3 is 14.6 Å². The predicted molar refractivity (Wildman–Crippen MR) is 107 cm³/mol. The number of piperazine rings is 1. The Kier molecular flexibility index (Phi) is 6.52. The Morgan fingerprint density at radius 1 is 1.32 bits per heavy atom. The molecule has 1 unspecified atom stereocenters. The van der Waals surface area contributed by atoms with E-state index in [9.17, 15) is 9.59 Å². The molecule has 3 rings (SSSR count). The third-order valence-corrected chi connectivity index (χ3v) is 5.15. The van der Waals surface area contributed by atoms with Gasteiger partial charge in [0.2, 0.25) is 11.8 Å². The predicted octanol–water partition coefficient (Wildman–Crippen LogP) is 2.72. The molecule has 1 saturated heterocycles. The van der Waals surface area contributed by atoms with Crippen molar-refractivity contribution in [1.82, 2.24) is 15.1 Å². The summed E-state index contributed by atoms with van der Waals surface area (Å²) in [5, 5.41) is 2.90. The quantitative estimate of drug-likeness (QED) is 0.798. The zero-order valence-corrected chi connectivity index (χ0v) is 16.9. The maximum atomic E-state index is 13.1. The third kappa shape index (κ3) is 5.01. The molecule has 1 atom stereocenters. The zero-order chi connectivity index (χ0) is 20.1. The first-order valence-corrected chi connectivity index (χ1v) is 9.82. The Hall–Kier alpha value is -2.60. The summed E-state index contributed by atoms with van der Waals surface area (Å²) in [6.07, 6.45) is 3.49. The van der Waals surface area contributed by atoms with Crippen molar-refractivity contribution in [2.75, 3.05) is 13.1 Å². The van der Waals surface area contributed by atoms with Crippen LogP contribution in [0.4, 0.5) is 0 Å². The number of aryl methyl sites for hydroxylation is 1. The van der Waals surface area contributed by atoms with Gasteiger partial charge in [0.05, 0.1) is 25.0 Å². The first-order valence-electron chi connectivity index (χ1n) is 9.82. The molecule has 6 nitrogen and oxygen atoms in total. The molecule has 2 heterocycles. The van der Waals surface area contributed by atoms with Gasteiger partial charge in [-0.25, -0.2) is 0 Å². The minimum atomic E-state index is -0.463. The Morgan fingerprint density at radius 2 is 2.14 bits per heavy atom. The van der Waals surface area contributed by atoms with E-state index in [1.807, 2.05) is 49.9 Å². The van der Waals surface area contributed by atoms with Crippen molar-refractivity contribution in [3.05, 3.63) is 59.5 Å². The highest BCUT2D eigenvalue weighted by molar-refractivity contribution is 5.89. The highest BCUT2D eigenvalue weighted by Crippen LogP contribution is 2.18. The van der Waals surface area contributed by atoms with Crippen molar-refractivity contribution in [3.63, 3.8) is 0 Å². The number of hydrogen-bond acceptors (Lipinski definition) is 4. The van der Waals surface area contributed by atoms with Gasteiger partial charge in [0.25, 0.3) is 0 Å². The Labute approximate surface area is 166 Å². The molecular formula is C22H29N3O3. The van der Waals surface area contributed by atoms with Crippen LogP contribution in [-0.4, -0.2) is 46.8 Å². The average Bonchev–Trinajstić information content (AvgIpc) is 3.15. The van der Waals surface area contributed by atoms with Gasteiger partial charge in [0, 0.05) is 37.8 Å². The molecule has 2 amide bonds. The summed E-state index contributed by atoms with van der Waals surface area (Å²) in [6.45, 7) is 8.53. The molecule has 0 radical (unpaired) electrons. The number of rotatable bonds is 7. The molecule has 0 spiro atoms. The van der Waals surface area contributed by atoms with Crippen molar-refractivity contribution in [2.45, 2.75) is 52.4 Å². The molecule has 0 bridgehead atoms. The van der Waals surface area contributed by atoms with Crippen LogP contribution < -0.4 is 5.32 Å². The summed E-state index contributed by atoms with van der Waals surface area (Å²) in [7, 11) is 0. The number of nitrogens with zero attached hydrogens (tertiary/aromatic N) is 2. The van der Waals surface area contributed by atoms with Gasteiger partial charge in [-0.2, -0.15) is 0 Å². The number of benzene rings is 1. The van der Waals surface area contributed by atoms with Crippen molar-refractivity contribution >= 4 is 11.8 Å². The van der Waals surface area contributed by atoms with Crippen LogP contribution in [0.25, 0.3) is 0 Å². The first-order chi connectivity index (χ1) is 13.4. The Morgan fingerprint density at radius 3 is 2.82 bits per heavy atom. The van der Waals surface area contributed by atoms with E-state index < -0.39 is 6.04 Å². The number of carbonyl (C=O) groups excluding carboxylic acids is 2. The summed E-state index contributed by atoms with van der Waals surface area (Å²) < 4.78 is 5.14. The molecular weight excluding hydrogens is 354 g/mol. The van der Waals surface area contributed by atoms with Gasteiger partial charge in [0.15, 0.2) is 0 Å². The highest BCUT2D eigenvalue weighted by Gasteiger charge is 2.33. The van der Waals surface area contributed by atoms with Crippen LogP contribution in [0.1, 0.15) is 37.0 Å².